The van der Waals surface area contributed by atoms with Gasteiger partial charge in [-0.25, -0.2) is 0 Å². The standard InChI is InChI=1S/C40H65N3O6/c1-49-39-20-27-7-15-37(47)33(36(46)14-4-24-3-11-31-28(18-24)23-43-35-21-30(45)10-13-32(31)35)12-6-26(34(27)22-38(39)48)5-9-29(44)8-2-25-16-17-42-40(41)19-25/h24-29,31-36,38-40,42-44,46,48H,2-5,7-11,13-23,41H2,1H3/p+2. The molecule has 0 bridgehead atoms. The number of hydrogen-bond acceptors (Lipinski definition) is 7. The molecule has 4 aliphatic carbocycles. The molecule has 9 heteroatoms. The highest BCUT2D eigenvalue weighted by Gasteiger charge is 2.47. The van der Waals surface area contributed by atoms with E-state index in [0.717, 1.165) is 83.2 Å². The van der Waals surface area contributed by atoms with Crippen molar-refractivity contribution in [3.63, 3.8) is 0 Å². The summed E-state index contributed by atoms with van der Waals surface area (Å²) in [5.74, 6) is 10.2. The summed E-state index contributed by atoms with van der Waals surface area (Å²) in [5.41, 5.74) is 6.15. The lowest BCUT2D eigenvalue weighted by molar-refractivity contribution is -0.715. The Kier molecular flexibility index (Phi) is 13.3. The van der Waals surface area contributed by atoms with Gasteiger partial charge in [0, 0.05) is 44.1 Å². The van der Waals surface area contributed by atoms with Crippen LogP contribution in [0.5, 0.6) is 0 Å². The van der Waals surface area contributed by atoms with Crippen molar-refractivity contribution >= 4 is 11.6 Å². The molecule has 2 heterocycles. The second-order valence-corrected chi connectivity index (χ2v) is 17.3. The number of fused-ring (bicyclic) bond motifs is 4. The van der Waals surface area contributed by atoms with Crippen molar-refractivity contribution in [2.24, 2.45) is 59.0 Å². The maximum Gasteiger partial charge on any atom is 0.150 e. The molecule has 9 nitrogen and oxygen atoms in total. The molecule has 5 fully saturated rings. The van der Waals surface area contributed by atoms with Crippen molar-refractivity contribution in [2.75, 3.05) is 20.2 Å². The summed E-state index contributed by atoms with van der Waals surface area (Å²) in [4.78, 5) is 25.7. The van der Waals surface area contributed by atoms with E-state index in [2.05, 4.69) is 22.5 Å². The molecule has 0 aromatic rings. The number of Topliss-reactive ketones (excluding diaryl/α,β-unsaturated/α-hetero) is 2. The Hall–Kier alpha value is -1.38. The molecule has 0 radical (unpaired) electrons. The molecule has 2 saturated heterocycles. The van der Waals surface area contributed by atoms with Crippen LogP contribution in [0.2, 0.25) is 0 Å². The first-order valence-electron chi connectivity index (χ1n) is 20.2. The third kappa shape index (κ3) is 9.54. The molecule has 0 spiro atoms. The number of piperidine rings is 2. The number of carbonyl (C=O) groups is 2. The van der Waals surface area contributed by atoms with Crippen molar-refractivity contribution in [1.82, 2.24) is 0 Å². The summed E-state index contributed by atoms with van der Waals surface area (Å²) in [6.07, 6.45) is 13.6. The van der Waals surface area contributed by atoms with Crippen molar-refractivity contribution in [3.8, 4) is 11.8 Å². The first kappa shape index (κ1) is 37.4. The molecular formula is C40H67N3O6+2. The summed E-state index contributed by atoms with van der Waals surface area (Å²) in [5, 5.41) is 38.2. The van der Waals surface area contributed by atoms with E-state index in [1.54, 1.807) is 7.11 Å². The third-order valence-electron chi connectivity index (χ3n) is 14.3. The Morgan fingerprint density at radius 1 is 0.837 bits per heavy atom. The Morgan fingerprint density at radius 2 is 1.63 bits per heavy atom. The minimum atomic E-state index is -0.771. The van der Waals surface area contributed by atoms with Crippen molar-refractivity contribution in [2.45, 2.75) is 152 Å². The topological polar surface area (TPSA) is 163 Å². The monoisotopic (exact) mass is 686 g/mol. The van der Waals surface area contributed by atoms with E-state index in [1.165, 1.54) is 19.3 Å². The van der Waals surface area contributed by atoms with Gasteiger partial charge in [-0.05, 0) is 113 Å². The van der Waals surface area contributed by atoms with E-state index in [0.29, 0.717) is 67.6 Å². The van der Waals surface area contributed by atoms with Crippen molar-refractivity contribution in [1.29, 1.82) is 0 Å². The van der Waals surface area contributed by atoms with E-state index >= 15 is 0 Å². The van der Waals surface area contributed by atoms with Gasteiger partial charge in [0.25, 0.3) is 0 Å². The minimum absolute atomic E-state index is 0.0397. The van der Waals surface area contributed by atoms with Crippen LogP contribution in [-0.2, 0) is 14.3 Å². The summed E-state index contributed by atoms with van der Waals surface area (Å²) in [6, 6.07) is 0.494. The van der Waals surface area contributed by atoms with Crippen molar-refractivity contribution in [3.05, 3.63) is 0 Å². The highest BCUT2D eigenvalue weighted by Crippen LogP contribution is 2.45. The van der Waals surface area contributed by atoms with Crippen LogP contribution >= 0.6 is 0 Å². The average Bonchev–Trinajstić information content (AvgIpc) is 3.16. The average molecular weight is 686 g/mol. The second-order valence-electron chi connectivity index (χ2n) is 17.3. The Balaban J connectivity index is 1.06. The number of rotatable bonds is 11. The van der Waals surface area contributed by atoms with Crippen LogP contribution in [-0.4, -0.2) is 83.7 Å². The Labute approximate surface area is 294 Å². The van der Waals surface area contributed by atoms with Gasteiger partial charge in [-0.3, -0.25) is 15.3 Å². The van der Waals surface area contributed by atoms with Gasteiger partial charge >= 0.3 is 0 Å². The van der Waals surface area contributed by atoms with Crippen LogP contribution in [0.25, 0.3) is 0 Å². The number of carbonyl (C=O) groups excluding carboxylic acids is 2. The van der Waals surface area contributed by atoms with Gasteiger partial charge in [0.2, 0.25) is 0 Å². The molecule has 0 aromatic heterocycles. The largest absolute Gasteiger partial charge is 0.393 e. The van der Waals surface area contributed by atoms with Crippen LogP contribution in [0, 0.1) is 65.1 Å². The zero-order valence-electron chi connectivity index (χ0n) is 30.1. The molecule has 6 aliphatic rings. The summed E-state index contributed by atoms with van der Waals surface area (Å²) in [6.45, 7) is 2.18. The third-order valence-corrected chi connectivity index (χ3v) is 14.3. The Morgan fingerprint density at radius 3 is 2.45 bits per heavy atom. The van der Waals surface area contributed by atoms with Crippen molar-refractivity contribution < 1.29 is 40.3 Å². The molecule has 49 heavy (non-hydrogen) atoms. The number of quaternary nitrogens is 2. The number of aliphatic hydroxyl groups is 3. The molecule has 15 atom stereocenters. The smallest absolute Gasteiger partial charge is 0.150 e. The molecule has 2 aliphatic heterocycles. The fourth-order valence-electron chi connectivity index (χ4n) is 11.4. The predicted molar refractivity (Wildman–Crippen MR) is 186 cm³/mol. The van der Waals surface area contributed by atoms with Crippen LogP contribution < -0.4 is 16.4 Å². The second kappa shape index (κ2) is 17.4. The SMILES string of the molecule is COC1CC2CCC(=O)C(C(O)CCC3CCC4C(C[NH2+]C5CC(=O)CCC54)C3)C#CC(CCC(O)CCC3CC[NH2+]C(N)C3)C2CC1O. The maximum atomic E-state index is 13.7. The minimum Gasteiger partial charge on any atom is -0.393 e. The normalized spacial score (nSPS) is 42.6. The molecular weight excluding hydrogens is 618 g/mol. The fraction of sp³-hybridized carbons (Fsp3) is 0.900. The molecule has 0 amide bonds. The summed E-state index contributed by atoms with van der Waals surface area (Å²) in [7, 11) is 1.65. The number of aliphatic hydroxyl groups excluding tert-OH is 3. The molecule has 9 N–H and O–H groups in total. The Bertz CT molecular complexity index is 1170. The van der Waals surface area contributed by atoms with Gasteiger partial charge in [0.15, 0.2) is 0 Å². The lowest BCUT2D eigenvalue weighted by Gasteiger charge is -2.47. The lowest BCUT2D eigenvalue weighted by Crippen LogP contribution is -2.96. The number of methoxy groups -OCH3 is 1. The molecule has 276 valence electrons. The molecule has 0 aromatic carbocycles. The molecule has 3 saturated carbocycles. The number of ether oxygens (including phenoxy) is 1. The lowest BCUT2D eigenvalue weighted by atomic mass is 9.61. The fourth-order valence-corrected chi connectivity index (χ4v) is 11.4. The number of hydrogen-bond donors (Lipinski definition) is 6. The van der Waals surface area contributed by atoms with E-state index in [-0.39, 0.29) is 35.8 Å². The first-order chi connectivity index (χ1) is 23.7. The maximum absolute atomic E-state index is 13.7. The number of nitrogens with two attached hydrogens (primary N) is 3. The highest BCUT2D eigenvalue weighted by atomic mass is 16.5. The summed E-state index contributed by atoms with van der Waals surface area (Å²) < 4.78 is 5.65. The number of ketones is 2. The highest BCUT2D eigenvalue weighted by molar-refractivity contribution is 5.84. The van der Waals surface area contributed by atoms with Gasteiger partial charge in [-0.2, -0.15) is 0 Å². The van der Waals surface area contributed by atoms with Crippen LogP contribution in [0.4, 0.5) is 0 Å². The van der Waals surface area contributed by atoms with Gasteiger partial charge in [-0.1, -0.05) is 18.3 Å². The van der Waals surface area contributed by atoms with Gasteiger partial charge < -0.3 is 30.7 Å². The summed E-state index contributed by atoms with van der Waals surface area (Å²) >= 11 is 0. The van der Waals surface area contributed by atoms with Crippen LogP contribution in [0.1, 0.15) is 116 Å². The van der Waals surface area contributed by atoms with Gasteiger partial charge in [-0.15, -0.1) is 0 Å². The molecule has 6 rings (SSSR count). The van der Waals surface area contributed by atoms with Gasteiger partial charge in [0.1, 0.15) is 23.7 Å². The zero-order valence-corrected chi connectivity index (χ0v) is 30.1. The van der Waals surface area contributed by atoms with Crippen LogP contribution in [0.15, 0.2) is 0 Å². The van der Waals surface area contributed by atoms with Gasteiger partial charge in [0.05, 0.1) is 50.0 Å². The zero-order chi connectivity index (χ0) is 34.5. The quantitative estimate of drug-likeness (QED) is 0.180. The molecule has 15 unspecified atom stereocenters. The first-order valence-corrected chi connectivity index (χ1v) is 20.2. The van der Waals surface area contributed by atoms with E-state index in [4.69, 9.17) is 10.5 Å². The van der Waals surface area contributed by atoms with Crippen LogP contribution in [0.3, 0.4) is 0 Å². The van der Waals surface area contributed by atoms with E-state index in [9.17, 15) is 24.9 Å². The van der Waals surface area contributed by atoms with E-state index < -0.39 is 24.2 Å². The van der Waals surface area contributed by atoms with E-state index in [1.807, 2.05) is 0 Å². The predicted octanol–water partition coefficient (Wildman–Crippen LogP) is 1.66.